The molecule has 0 fully saturated rings. The van der Waals surface area contributed by atoms with Crippen LogP contribution < -0.4 is 15.4 Å². The number of ether oxygens (including phenoxy) is 1. The summed E-state index contributed by atoms with van der Waals surface area (Å²) in [5.41, 5.74) is 2.07. The summed E-state index contributed by atoms with van der Waals surface area (Å²) in [5.74, 6) is 0.0424. The van der Waals surface area contributed by atoms with E-state index in [1.165, 1.54) is 0 Å². The van der Waals surface area contributed by atoms with E-state index in [4.69, 9.17) is 16.3 Å². The van der Waals surface area contributed by atoms with Crippen molar-refractivity contribution in [2.75, 3.05) is 17.2 Å². The quantitative estimate of drug-likeness (QED) is 0.600. The van der Waals surface area contributed by atoms with Gasteiger partial charge in [-0.15, -0.1) is 0 Å². The first-order valence-electron chi connectivity index (χ1n) is 8.77. The minimum absolute atomic E-state index is 0.282. The van der Waals surface area contributed by atoms with Gasteiger partial charge in [-0.2, -0.15) is 0 Å². The van der Waals surface area contributed by atoms with Crippen molar-refractivity contribution in [1.29, 1.82) is 0 Å². The van der Waals surface area contributed by atoms with Crippen LogP contribution in [0.25, 0.3) is 0 Å². The Bertz CT molecular complexity index is 987. The molecule has 0 spiro atoms. The maximum Gasteiger partial charge on any atom is 0.255 e. The lowest BCUT2D eigenvalue weighted by atomic mass is 10.1. The number of amides is 2. The molecule has 3 aromatic rings. The molecule has 0 saturated carbocycles. The summed E-state index contributed by atoms with van der Waals surface area (Å²) in [7, 11) is 0. The Morgan fingerprint density at radius 1 is 0.857 bits per heavy atom. The molecule has 0 aliphatic heterocycles. The van der Waals surface area contributed by atoms with Gasteiger partial charge in [-0.1, -0.05) is 29.8 Å². The SMILES string of the molecule is CCOc1ccccc1NC(=O)c1ccc(C(=O)Nc2cccc(Cl)c2)cc1. The van der Waals surface area contributed by atoms with E-state index in [0.29, 0.717) is 39.9 Å². The van der Waals surface area contributed by atoms with Gasteiger partial charge in [0.05, 0.1) is 12.3 Å². The Hall–Kier alpha value is -3.31. The van der Waals surface area contributed by atoms with E-state index in [1.54, 1.807) is 60.7 Å². The zero-order valence-corrected chi connectivity index (χ0v) is 16.0. The Balaban J connectivity index is 1.68. The van der Waals surface area contributed by atoms with Gasteiger partial charge < -0.3 is 15.4 Å². The van der Waals surface area contributed by atoms with E-state index in [9.17, 15) is 9.59 Å². The summed E-state index contributed by atoms with van der Waals surface area (Å²) in [6, 6.07) is 20.5. The van der Waals surface area contributed by atoms with Crippen LogP contribution in [-0.4, -0.2) is 18.4 Å². The van der Waals surface area contributed by atoms with Crippen LogP contribution in [0.4, 0.5) is 11.4 Å². The molecule has 0 unspecified atom stereocenters. The predicted molar refractivity (Wildman–Crippen MR) is 111 cm³/mol. The smallest absolute Gasteiger partial charge is 0.255 e. The molecule has 3 aromatic carbocycles. The number of benzene rings is 3. The van der Waals surface area contributed by atoms with E-state index in [-0.39, 0.29) is 11.8 Å². The van der Waals surface area contributed by atoms with Crippen molar-refractivity contribution in [3.8, 4) is 5.75 Å². The minimum Gasteiger partial charge on any atom is -0.492 e. The lowest BCUT2D eigenvalue weighted by molar-refractivity contribution is 0.101. The van der Waals surface area contributed by atoms with E-state index >= 15 is 0 Å². The van der Waals surface area contributed by atoms with Gasteiger partial charge in [0.25, 0.3) is 11.8 Å². The van der Waals surface area contributed by atoms with Crippen LogP contribution in [0.15, 0.2) is 72.8 Å². The van der Waals surface area contributed by atoms with Crippen LogP contribution in [0.2, 0.25) is 5.02 Å². The molecule has 0 aromatic heterocycles. The minimum atomic E-state index is -0.283. The number of nitrogens with one attached hydrogen (secondary N) is 2. The summed E-state index contributed by atoms with van der Waals surface area (Å²) in [5, 5.41) is 6.13. The summed E-state index contributed by atoms with van der Waals surface area (Å²) < 4.78 is 5.51. The standard InChI is InChI=1S/C22H19ClN2O3/c1-2-28-20-9-4-3-8-19(20)25-22(27)16-12-10-15(11-13-16)21(26)24-18-7-5-6-17(23)14-18/h3-14H,2H2,1H3,(H,24,26)(H,25,27). The average molecular weight is 395 g/mol. The fraction of sp³-hybridized carbons (Fsp3) is 0.0909. The topological polar surface area (TPSA) is 67.4 Å². The number of hydrogen-bond acceptors (Lipinski definition) is 3. The summed E-state index contributed by atoms with van der Waals surface area (Å²) in [4.78, 5) is 24.8. The first-order valence-corrected chi connectivity index (χ1v) is 9.15. The van der Waals surface area contributed by atoms with Crippen molar-refractivity contribution in [2.45, 2.75) is 6.92 Å². The number of carbonyl (C=O) groups is 2. The molecule has 5 nitrogen and oxygen atoms in total. The highest BCUT2D eigenvalue weighted by Crippen LogP contribution is 2.24. The van der Waals surface area contributed by atoms with E-state index in [1.807, 2.05) is 19.1 Å². The third-order valence-corrected chi connectivity index (χ3v) is 4.16. The van der Waals surface area contributed by atoms with Gasteiger partial charge in [-0.25, -0.2) is 0 Å². The largest absolute Gasteiger partial charge is 0.492 e. The van der Waals surface area contributed by atoms with E-state index in [2.05, 4.69) is 10.6 Å². The molecular weight excluding hydrogens is 376 g/mol. The van der Waals surface area contributed by atoms with Gasteiger partial charge >= 0.3 is 0 Å². The van der Waals surface area contributed by atoms with Gasteiger partial charge in [0, 0.05) is 21.8 Å². The number of hydrogen-bond donors (Lipinski definition) is 2. The number of rotatable bonds is 6. The summed E-state index contributed by atoms with van der Waals surface area (Å²) >= 11 is 5.92. The molecule has 142 valence electrons. The maximum atomic E-state index is 12.5. The van der Waals surface area contributed by atoms with Crippen LogP contribution in [0.3, 0.4) is 0 Å². The van der Waals surface area contributed by atoms with E-state index < -0.39 is 0 Å². The van der Waals surface area contributed by atoms with Crippen molar-refractivity contribution in [3.05, 3.63) is 88.9 Å². The molecule has 2 N–H and O–H groups in total. The van der Waals surface area contributed by atoms with Crippen LogP contribution >= 0.6 is 11.6 Å². The summed E-state index contributed by atoms with van der Waals surface area (Å²) in [6.07, 6.45) is 0. The van der Waals surface area contributed by atoms with Gasteiger partial charge in [-0.3, -0.25) is 9.59 Å². The third kappa shape index (κ3) is 4.90. The lowest BCUT2D eigenvalue weighted by Gasteiger charge is -2.11. The Kier molecular flexibility index (Phi) is 6.29. The fourth-order valence-electron chi connectivity index (χ4n) is 2.59. The fourth-order valence-corrected chi connectivity index (χ4v) is 2.78. The van der Waals surface area contributed by atoms with Gasteiger partial charge in [0.15, 0.2) is 0 Å². The number of carbonyl (C=O) groups excluding carboxylic acids is 2. The molecule has 0 saturated heterocycles. The third-order valence-electron chi connectivity index (χ3n) is 3.93. The van der Waals surface area contributed by atoms with Crippen LogP contribution in [-0.2, 0) is 0 Å². The molecular formula is C22H19ClN2O3. The maximum absolute atomic E-state index is 12.5. The van der Waals surface area contributed by atoms with Crippen LogP contribution in [0.1, 0.15) is 27.6 Å². The van der Waals surface area contributed by atoms with Crippen molar-refractivity contribution < 1.29 is 14.3 Å². The van der Waals surface area contributed by atoms with Crippen LogP contribution in [0, 0.1) is 0 Å². The molecule has 0 radical (unpaired) electrons. The molecule has 2 amide bonds. The monoisotopic (exact) mass is 394 g/mol. The molecule has 0 heterocycles. The lowest BCUT2D eigenvalue weighted by Crippen LogP contribution is -2.15. The van der Waals surface area contributed by atoms with Crippen molar-refractivity contribution in [1.82, 2.24) is 0 Å². The zero-order valence-electron chi connectivity index (χ0n) is 15.2. The molecule has 6 heteroatoms. The molecule has 3 rings (SSSR count). The Morgan fingerprint density at radius 3 is 2.14 bits per heavy atom. The second-order valence-electron chi connectivity index (χ2n) is 5.93. The highest BCUT2D eigenvalue weighted by molar-refractivity contribution is 6.31. The van der Waals surface area contributed by atoms with Crippen molar-refractivity contribution >= 4 is 34.8 Å². The van der Waals surface area contributed by atoms with E-state index in [0.717, 1.165) is 0 Å². The highest BCUT2D eigenvalue weighted by Gasteiger charge is 2.12. The van der Waals surface area contributed by atoms with Crippen LogP contribution in [0.5, 0.6) is 5.75 Å². The molecule has 0 atom stereocenters. The second-order valence-corrected chi connectivity index (χ2v) is 6.36. The number of anilines is 2. The first-order chi connectivity index (χ1) is 13.6. The predicted octanol–water partition coefficient (Wildman–Crippen LogP) is 5.24. The molecule has 0 aliphatic carbocycles. The highest BCUT2D eigenvalue weighted by atomic mass is 35.5. The molecule has 0 aliphatic rings. The molecule has 0 bridgehead atoms. The zero-order chi connectivity index (χ0) is 19.9. The Labute approximate surface area is 168 Å². The van der Waals surface area contributed by atoms with Gasteiger partial charge in [0.2, 0.25) is 0 Å². The Morgan fingerprint density at radius 2 is 1.50 bits per heavy atom. The van der Waals surface area contributed by atoms with Crippen molar-refractivity contribution in [3.63, 3.8) is 0 Å². The average Bonchev–Trinajstić information content (AvgIpc) is 2.70. The second kappa shape index (κ2) is 9.06. The summed E-state index contributed by atoms with van der Waals surface area (Å²) in [6.45, 7) is 2.38. The normalized spacial score (nSPS) is 10.2. The number of para-hydroxylation sites is 2. The van der Waals surface area contributed by atoms with Gasteiger partial charge in [-0.05, 0) is 61.5 Å². The molecule has 28 heavy (non-hydrogen) atoms. The van der Waals surface area contributed by atoms with Crippen molar-refractivity contribution in [2.24, 2.45) is 0 Å². The van der Waals surface area contributed by atoms with Gasteiger partial charge in [0.1, 0.15) is 5.75 Å². The first kappa shape index (κ1) is 19.5. The number of halogens is 1.